The van der Waals surface area contributed by atoms with Crippen molar-refractivity contribution in [2.24, 2.45) is 0 Å². The summed E-state index contributed by atoms with van der Waals surface area (Å²) in [5, 5.41) is 9.98. The van der Waals surface area contributed by atoms with Gasteiger partial charge in [-0.2, -0.15) is 5.26 Å². The van der Waals surface area contributed by atoms with Gasteiger partial charge in [0.1, 0.15) is 15.8 Å². The van der Waals surface area contributed by atoms with Crippen LogP contribution in [0.3, 0.4) is 0 Å². The van der Waals surface area contributed by atoms with Crippen molar-refractivity contribution in [3.8, 4) is 6.07 Å². The predicted octanol–water partition coefficient (Wildman–Crippen LogP) is 2.52. The number of nitriles is 1. The van der Waals surface area contributed by atoms with Crippen LogP contribution in [0.1, 0.15) is 29.5 Å². The van der Waals surface area contributed by atoms with Gasteiger partial charge in [0.15, 0.2) is 0 Å². The van der Waals surface area contributed by atoms with Gasteiger partial charge in [-0.1, -0.05) is 6.92 Å². The Hall–Kier alpha value is -1.64. The maximum atomic E-state index is 9.04. The van der Waals surface area contributed by atoms with E-state index < -0.39 is 0 Å². The Morgan fingerprint density at radius 2 is 2.42 bits per heavy atom. The van der Waals surface area contributed by atoms with E-state index in [1.165, 1.54) is 29.0 Å². The lowest BCUT2D eigenvalue weighted by molar-refractivity contribution is 0.253. The van der Waals surface area contributed by atoms with Crippen molar-refractivity contribution in [1.29, 1.82) is 5.26 Å². The molecule has 0 bridgehead atoms. The highest BCUT2D eigenvalue weighted by atomic mass is 32.1. The van der Waals surface area contributed by atoms with E-state index in [1.807, 2.05) is 0 Å². The third-order valence-electron chi connectivity index (χ3n) is 3.59. The molecule has 0 saturated carbocycles. The van der Waals surface area contributed by atoms with Crippen molar-refractivity contribution >= 4 is 27.2 Å². The van der Waals surface area contributed by atoms with E-state index in [0.29, 0.717) is 10.6 Å². The van der Waals surface area contributed by atoms with Crippen molar-refractivity contribution in [3.05, 3.63) is 22.2 Å². The molecule has 19 heavy (non-hydrogen) atoms. The molecule has 1 aliphatic rings. The topological polar surface area (TPSA) is 65.9 Å². The van der Waals surface area contributed by atoms with Gasteiger partial charge < -0.3 is 5.73 Å². The molecule has 3 heterocycles. The fourth-order valence-electron chi connectivity index (χ4n) is 2.65. The van der Waals surface area contributed by atoms with Crippen LogP contribution in [0.4, 0.5) is 5.69 Å². The molecule has 0 aromatic carbocycles. The van der Waals surface area contributed by atoms with E-state index in [1.54, 1.807) is 0 Å². The lowest BCUT2D eigenvalue weighted by Gasteiger charge is -2.27. The number of pyridine rings is 1. The van der Waals surface area contributed by atoms with Crippen LogP contribution in [0.5, 0.6) is 0 Å². The largest absolute Gasteiger partial charge is 0.396 e. The standard InChI is InChI=1S/C14H16N4S/c1-2-4-18-5-3-11-9(8-18)6-10-13(16)12(7-15)19-14(10)17-11/h6H,2-5,8,16H2,1H3. The maximum Gasteiger partial charge on any atom is 0.130 e. The maximum absolute atomic E-state index is 9.04. The Balaban J connectivity index is 2.06. The van der Waals surface area contributed by atoms with Crippen LogP contribution in [-0.2, 0) is 13.0 Å². The minimum Gasteiger partial charge on any atom is -0.396 e. The first-order valence-electron chi connectivity index (χ1n) is 6.56. The number of hydrogen-bond donors (Lipinski definition) is 1. The number of anilines is 1. The van der Waals surface area contributed by atoms with Crippen molar-refractivity contribution in [1.82, 2.24) is 9.88 Å². The summed E-state index contributed by atoms with van der Waals surface area (Å²) in [6.45, 7) is 5.35. The number of rotatable bonds is 2. The summed E-state index contributed by atoms with van der Waals surface area (Å²) < 4.78 is 0. The smallest absolute Gasteiger partial charge is 0.130 e. The molecule has 3 rings (SSSR count). The van der Waals surface area contributed by atoms with Crippen molar-refractivity contribution < 1.29 is 0 Å². The summed E-state index contributed by atoms with van der Waals surface area (Å²) in [7, 11) is 0. The van der Waals surface area contributed by atoms with Gasteiger partial charge >= 0.3 is 0 Å². The van der Waals surface area contributed by atoms with Crippen LogP contribution in [-0.4, -0.2) is 23.0 Å². The predicted molar refractivity (Wildman–Crippen MR) is 78.0 cm³/mol. The first-order chi connectivity index (χ1) is 9.22. The third kappa shape index (κ3) is 2.07. The summed E-state index contributed by atoms with van der Waals surface area (Å²) in [4.78, 5) is 8.63. The molecule has 0 amide bonds. The molecule has 0 unspecified atom stereocenters. The van der Waals surface area contributed by atoms with Crippen LogP contribution in [0.2, 0.25) is 0 Å². The second-order valence-electron chi connectivity index (χ2n) is 4.93. The molecule has 2 N–H and O–H groups in total. The average molecular weight is 272 g/mol. The van der Waals surface area contributed by atoms with Crippen molar-refractivity contribution in [2.75, 3.05) is 18.8 Å². The van der Waals surface area contributed by atoms with E-state index in [2.05, 4.69) is 24.0 Å². The zero-order valence-corrected chi connectivity index (χ0v) is 11.8. The Kier molecular flexibility index (Phi) is 3.13. The molecule has 2 aromatic rings. The normalized spacial score (nSPS) is 15.4. The van der Waals surface area contributed by atoms with E-state index in [-0.39, 0.29) is 0 Å². The fraction of sp³-hybridized carbons (Fsp3) is 0.429. The summed E-state index contributed by atoms with van der Waals surface area (Å²) in [6, 6.07) is 4.28. The molecule has 5 heteroatoms. The van der Waals surface area contributed by atoms with Crippen molar-refractivity contribution in [2.45, 2.75) is 26.3 Å². The van der Waals surface area contributed by atoms with Gasteiger partial charge in [0.2, 0.25) is 0 Å². The minimum atomic E-state index is 0.579. The van der Waals surface area contributed by atoms with E-state index in [0.717, 1.165) is 36.3 Å². The van der Waals surface area contributed by atoms with Crippen molar-refractivity contribution in [3.63, 3.8) is 0 Å². The van der Waals surface area contributed by atoms with Crippen LogP contribution in [0.25, 0.3) is 10.2 Å². The fourth-order valence-corrected chi connectivity index (χ4v) is 3.54. The Bertz CT molecular complexity index is 668. The first-order valence-corrected chi connectivity index (χ1v) is 7.37. The SMILES string of the molecule is CCCN1CCc2nc3sc(C#N)c(N)c3cc2C1. The van der Waals surface area contributed by atoms with Gasteiger partial charge in [0.05, 0.1) is 5.69 Å². The second kappa shape index (κ2) is 4.80. The molecule has 2 aromatic heterocycles. The molecule has 1 aliphatic heterocycles. The molecule has 0 atom stereocenters. The first kappa shape index (κ1) is 12.4. The van der Waals surface area contributed by atoms with Gasteiger partial charge in [-0.3, -0.25) is 4.90 Å². The average Bonchev–Trinajstić information content (AvgIpc) is 2.73. The van der Waals surface area contributed by atoms with Gasteiger partial charge in [0.25, 0.3) is 0 Å². The molecule has 0 radical (unpaired) electrons. The third-order valence-corrected chi connectivity index (χ3v) is 4.61. The highest BCUT2D eigenvalue weighted by molar-refractivity contribution is 7.19. The number of hydrogen-bond acceptors (Lipinski definition) is 5. The highest BCUT2D eigenvalue weighted by Gasteiger charge is 2.19. The molecule has 0 spiro atoms. The van der Waals surface area contributed by atoms with Crippen LogP contribution >= 0.6 is 11.3 Å². The molecular formula is C14H16N4S. The molecule has 0 fully saturated rings. The van der Waals surface area contributed by atoms with Crippen LogP contribution in [0, 0.1) is 11.3 Å². The monoisotopic (exact) mass is 272 g/mol. The minimum absolute atomic E-state index is 0.579. The Morgan fingerprint density at radius 1 is 1.58 bits per heavy atom. The zero-order valence-electron chi connectivity index (χ0n) is 10.9. The Labute approximate surface area is 116 Å². The number of nitrogens with zero attached hydrogens (tertiary/aromatic N) is 3. The highest BCUT2D eigenvalue weighted by Crippen LogP contribution is 2.34. The van der Waals surface area contributed by atoms with Gasteiger partial charge in [-0.25, -0.2) is 4.98 Å². The quantitative estimate of drug-likeness (QED) is 0.912. The van der Waals surface area contributed by atoms with E-state index in [9.17, 15) is 0 Å². The van der Waals surface area contributed by atoms with Gasteiger partial charge in [0, 0.05) is 30.6 Å². The lowest BCUT2D eigenvalue weighted by atomic mass is 10.0. The molecule has 98 valence electrons. The number of aromatic nitrogens is 1. The summed E-state index contributed by atoms with van der Waals surface area (Å²) >= 11 is 1.40. The number of nitrogen functional groups attached to an aromatic ring is 1. The van der Waals surface area contributed by atoms with Crippen LogP contribution in [0.15, 0.2) is 6.07 Å². The van der Waals surface area contributed by atoms with Gasteiger partial charge in [-0.15, -0.1) is 11.3 Å². The number of thiophene rings is 1. The molecular weight excluding hydrogens is 256 g/mol. The van der Waals surface area contributed by atoms with E-state index >= 15 is 0 Å². The van der Waals surface area contributed by atoms with Gasteiger partial charge in [-0.05, 0) is 24.6 Å². The Morgan fingerprint density at radius 3 is 3.16 bits per heavy atom. The molecule has 4 nitrogen and oxygen atoms in total. The number of fused-ring (bicyclic) bond motifs is 2. The molecule has 0 aliphatic carbocycles. The van der Waals surface area contributed by atoms with E-state index in [4.69, 9.17) is 16.0 Å². The number of nitrogens with two attached hydrogens (primary N) is 1. The second-order valence-corrected chi connectivity index (χ2v) is 5.93. The summed E-state index contributed by atoms with van der Waals surface area (Å²) in [5.41, 5.74) is 9.04. The summed E-state index contributed by atoms with van der Waals surface area (Å²) in [5.74, 6) is 0. The molecule has 0 saturated heterocycles. The lowest BCUT2D eigenvalue weighted by Crippen LogP contribution is -2.31. The summed E-state index contributed by atoms with van der Waals surface area (Å²) in [6.07, 6.45) is 2.16. The van der Waals surface area contributed by atoms with Crippen LogP contribution < -0.4 is 5.73 Å². The zero-order chi connectivity index (χ0) is 13.4.